The summed E-state index contributed by atoms with van der Waals surface area (Å²) < 4.78 is 19.5. The fraction of sp³-hybridized carbons (Fsp3) is 0. The Morgan fingerprint density at radius 2 is 0.875 bits per heavy atom. The van der Waals surface area contributed by atoms with Gasteiger partial charge in [0.25, 0.3) is 0 Å². The van der Waals surface area contributed by atoms with Gasteiger partial charge in [0.2, 0.25) is 0 Å². The minimum absolute atomic E-state index is 0.834. The third-order valence-electron chi connectivity index (χ3n) is 11.3. The van der Waals surface area contributed by atoms with E-state index in [9.17, 15) is 0 Å². The second kappa shape index (κ2) is 12.0. The van der Waals surface area contributed by atoms with Crippen molar-refractivity contribution in [3.8, 4) is 22.3 Å². The van der Waals surface area contributed by atoms with E-state index in [1.165, 1.54) is 5.39 Å². The summed E-state index contributed by atoms with van der Waals surface area (Å²) in [4.78, 5) is 2.34. The Kier molecular flexibility index (Phi) is 6.60. The second-order valence-electron chi connectivity index (χ2n) is 14.4. The lowest BCUT2D eigenvalue weighted by atomic mass is 9.95. The number of para-hydroxylation sites is 4. The first-order chi connectivity index (χ1) is 27.8. The summed E-state index contributed by atoms with van der Waals surface area (Å²) in [7, 11) is 0. The van der Waals surface area contributed by atoms with Gasteiger partial charge in [-0.2, -0.15) is 0 Å². The summed E-state index contributed by atoms with van der Waals surface area (Å²) in [5.41, 5.74) is 12.6. The van der Waals surface area contributed by atoms with Crippen LogP contribution in [-0.4, -0.2) is 0 Å². The molecule has 0 bridgehead atoms. The van der Waals surface area contributed by atoms with Gasteiger partial charge in [-0.25, -0.2) is 0 Å². The van der Waals surface area contributed by atoms with E-state index in [2.05, 4.69) is 163 Å². The lowest BCUT2D eigenvalue weighted by Gasteiger charge is -2.28. The van der Waals surface area contributed by atoms with E-state index in [1.54, 1.807) is 0 Å². The van der Waals surface area contributed by atoms with Crippen LogP contribution in [0.1, 0.15) is 0 Å². The summed E-state index contributed by atoms with van der Waals surface area (Å²) in [5, 5.41) is 8.94. The van der Waals surface area contributed by atoms with Crippen LogP contribution < -0.4 is 4.90 Å². The second-order valence-corrected chi connectivity index (χ2v) is 14.4. The number of rotatable bonds is 5. The summed E-state index contributed by atoms with van der Waals surface area (Å²) in [5.74, 6) is 0. The highest BCUT2D eigenvalue weighted by atomic mass is 16.3. The van der Waals surface area contributed by atoms with Gasteiger partial charge in [0, 0.05) is 43.6 Å². The van der Waals surface area contributed by atoms with Crippen molar-refractivity contribution in [3.05, 3.63) is 188 Å². The minimum Gasteiger partial charge on any atom is -0.456 e. The SMILES string of the molecule is c1ccc(N(c2ccc(-c3cccc4oc5ccccc5c34)cc2)c2cccc3c2oc2ccccc23)c(-c2cccc3oc4cc5ccccc5cc4c23)c1. The van der Waals surface area contributed by atoms with Crippen LogP contribution in [0.5, 0.6) is 0 Å². The van der Waals surface area contributed by atoms with Crippen LogP contribution in [-0.2, 0) is 0 Å². The van der Waals surface area contributed by atoms with Crippen LogP contribution in [0.3, 0.4) is 0 Å². The molecule has 0 saturated carbocycles. The van der Waals surface area contributed by atoms with Crippen molar-refractivity contribution in [3.63, 3.8) is 0 Å². The molecule has 0 unspecified atom stereocenters. The molecule has 0 aliphatic heterocycles. The third-order valence-corrected chi connectivity index (χ3v) is 11.3. The molecular weight excluding hydrogens is 687 g/mol. The molecule has 0 aliphatic carbocycles. The van der Waals surface area contributed by atoms with Gasteiger partial charge >= 0.3 is 0 Å². The van der Waals surface area contributed by atoms with Gasteiger partial charge < -0.3 is 18.2 Å². The first kappa shape index (κ1) is 30.9. The smallest absolute Gasteiger partial charge is 0.159 e. The van der Waals surface area contributed by atoms with Crippen LogP contribution in [0.2, 0.25) is 0 Å². The van der Waals surface area contributed by atoms with Crippen LogP contribution in [0.4, 0.5) is 17.1 Å². The van der Waals surface area contributed by atoms with Crippen LogP contribution in [0.25, 0.3) is 98.8 Å². The zero-order chi connectivity index (χ0) is 36.7. The lowest BCUT2D eigenvalue weighted by molar-refractivity contribution is 0.668. The predicted molar refractivity (Wildman–Crippen MR) is 231 cm³/mol. The molecule has 0 spiro atoms. The van der Waals surface area contributed by atoms with E-state index in [0.29, 0.717) is 0 Å². The van der Waals surface area contributed by atoms with Gasteiger partial charge in [0.15, 0.2) is 5.58 Å². The van der Waals surface area contributed by atoms with E-state index in [0.717, 1.165) is 111 Å². The third kappa shape index (κ3) is 4.60. The number of furan rings is 3. The van der Waals surface area contributed by atoms with Gasteiger partial charge in [-0.15, -0.1) is 0 Å². The molecule has 3 heterocycles. The van der Waals surface area contributed by atoms with Gasteiger partial charge in [-0.1, -0.05) is 127 Å². The maximum atomic E-state index is 6.72. The monoisotopic (exact) mass is 717 g/mol. The number of hydrogen-bond donors (Lipinski definition) is 0. The van der Waals surface area contributed by atoms with Crippen molar-refractivity contribution in [2.75, 3.05) is 4.90 Å². The molecule has 0 radical (unpaired) electrons. The van der Waals surface area contributed by atoms with E-state index in [4.69, 9.17) is 13.3 Å². The average molecular weight is 718 g/mol. The molecule has 12 rings (SSSR count). The standard InChI is InChI=1S/C52H31NO3/c1-2-13-34-31-49-42(30-33(34)12-1)51-39(18-11-25-48(51)55-49)37-14-3-6-20-43(37)53(44-21-9-19-40-38-15-4-7-22-45(38)56-52(40)44)35-28-26-32(27-29-35)36-17-10-24-47-50(36)41-16-5-8-23-46(41)54-47/h1-31H. The normalized spacial score (nSPS) is 11.9. The topological polar surface area (TPSA) is 42.7 Å². The Balaban J connectivity index is 1.10. The molecule has 9 aromatic carbocycles. The molecule has 0 amide bonds. The molecule has 12 aromatic rings. The van der Waals surface area contributed by atoms with Gasteiger partial charge in [0.1, 0.15) is 27.9 Å². The molecular formula is C52H31NO3. The Bertz CT molecular complexity index is 3490. The largest absolute Gasteiger partial charge is 0.456 e. The highest BCUT2D eigenvalue weighted by molar-refractivity contribution is 6.18. The van der Waals surface area contributed by atoms with Gasteiger partial charge in [0.05, 0.1) is 11.4 Å². The van der Waals surface area contributed by atoms with E-state index in [-0.39, 0.29) is 0 Å². The Morgan fingerprint density at radius 3 is 1.70 bits per heavy atom. The maximum absolute atomic E-state index is 6.72. The van der Waals surface area contributed by atoms with E-state index < -0.39 is 0 Å². The molecule has 0 atom stereocenters. The zero-order valence-corrected chi connectivity index (χ0v) is 30.1. The van der Waals surface area contributed by atoms with Crippen LogP contribution >= 0.6 is 0 Å². The Hall–Kier alpha value is -7.56. The summed E-state index contributed by atoms with van der Waals surface area (Å²) in [6.07, 6.45) is 0. The molecule has 4 nitrogen and oxygen atoms in total. The number of nitrogens with zero attached hydrogens (tertiary/aromatic N) is 1. The fourth-order valence-electron chi connectivity index (χ4n) is 8.75. The van der Waals surface area contributed by atoms with Crippen molar-refractivity contribution < 1.29 is 13.3 Å². The molecule has 262 valence electrons. The Labute approximate surface area is 321 Å². The van der Waals surface area contributed by atoms with Crippen molar-refractivity contribution >= 4 is 93.7 Å². The highest BCUT2D eigenvalue weighted by Crippen LogP contribution is 2.48. The van der Waals surface area contributed by atoms with E-state index >= 15 is 0 Å². The van der Waals surface area contributed by atoms with Crippen molar-refractivity contribution in [2.24, 2.45) is 0 Å². The molecule has 0 fully saturated rings. The average Bonchev–Trinajstić information content (AvgIpc) is 3.95. The molecule has 0 aliphatic rings. The first-order valence-electron chi connectivity index (χ1n) is 18.9. The molecule has 4 heteroatoms. The van der Waals surface area contributed by atoms with Gasteiger partial charge in [-0.3, -0.25) is 0 Å². The number of fused-ring (bicyclic) bond motifs is 10. The number of anilines is 3. The molecule has 56 heavy (non-hydrogen) atoms. The summed E-state index contributed by atoms with van der Waals surface area (Å²) >= 11 is 0. The van der Waals surface area contributed by atoms with Crippen LogP contribution in [0.15, 0.2) is 201 Å². The molecule has 0 saturated heterocycles. The quantitative estimate of drug-likeness (QED) is 0.178. The highest BCUT2D eigenvalue weighted by Gasteiger charge is 2.24. The predicted octanol–water partition coefficient (Wildman–Crippen LogP) is 15.3. The zero-order valence-electron chi connectivity index (χ0n) is 30.1. The van der Waals surface area contributed by atoms with Crippen molar-refractivity contribution in [1.29, 1.82) is 0 Å². The van der Waals surface area contributed by atoms with E-state index in [1.807, 2.05) is 30.3 Å². The van der Waals surface area contributed by atoms with Crippen LogP contribution in [0, 0.1) is 0 Å². The minimum atomic E-state index is 0.834. The molecule has 0 N–H and O–H groups in total. The van der Waals surface area contributed by atoms with Crippen molar-refractivity contribution in [2.45, 2.75) is 0 Å². The molecule has 3 aromatic heterocycles. The fourth-order valence-corrected chi connectivity index (χ4v) is 8.75. The summed E-state index contributed by atoms with van der Waals surface area (Å²) in [6.45, 7) is 0. The lowest BCUT2D eigenvalue weighted by Crippen LogP contribution is -2.11. The van der Waals surface area contributed by atoms with Gasteiger partial charge in [-0.05, 0) is 88.1 Å². The Morgan fingerprint density at radius 1 is 0.321 bits per heavy atom. The van der Waals surface area contributed by atoms with Crippen molar-refractivity contribution in [1.82, 2.24) is 0 Å². The number of hydrogen-bond acceptors (Lipinski definition) is 4. The summed E-state index contributed by atoms with van der Waals surface area (Å²) in [6, 6.07) is 66.1. The first-order valence-corrected chi connectivity index (χ1v) is 18.9. The number of benzene rings is 9. The maximum Gasteiger partial charge on any atom is 0.159 e.